The molecule has 1 aromatic heterocycles. The first kappa shape index (κ1) is 15.4. The second-order valence-electron chi connectivity index (χ2n) is 4.05. The van der Waals surface area contributed by atoms with Gasteiger partial charge in [0.15, 0.2) is 0 Å². The van der Waals surface area contributed by atoms with Gasteiger partial charge in [0.1, 0.15) is 11.6 Å². The minimum absolute atomic E-state index is 0.104. The summed E-state index contributed by atoms with van der Waals surface area (Å²) in [6, 6.07) is 4.06. The molecule has 0 fully saturated rings. The van der Waals surface area contributed by atoms with E-state index in [0.29, 0.717) is 29.2 Å². The topological polar surface area (TPSA) is 17.8 Å². The summed E-state index contributed by atoms with van der Waals surface area (Å²) in [6.45, 7) is 0.107. The maximum atomic E-state index is 13.3. The molecule has 0 aliphatic rings. The fourth-order valence-corrected chi connectivity index (χ4v) is 2.60. The zero-order valence-corrected chi connectivity index (χ0v) is 11.8. The third kappa shape index (κ3) is 3.79. The van der Waals surface area contributed by atoms with Crippen LogP contribution in [0.3, 0.4) is 0 Å². The predicted molar refractivity (Wildman–Crippen MR) is 72.6 cm³/mol. The van der Waals surface area contributed by atoms with E-state index in [1.54, 1.807) is 4.57 Å². The molecule has 2 nitrogen and oxygen atoms in total. The molecule has 0 unspecified atom stereocenters. The molecule has 2 rings (SSSR count). The highest BCUT2D eigenvalue weighted by molar-refractivity contribution is 8.00. The Labute approximate surface area is 122 Å². The van der Waals surface area contributed by atoms with Crippen molar-refractivity contribution in [1.82, 2.24) is 9.55 Å². The van der Waals surface area contributed by atoms with Gasteiger partial charge < -0.3 is 4.57 Å². The number of halogens is 5. The largest absolute Gasteiger partial charge is 0.441 e. The van der Waals surface area contributed by atoms with E-state index in [4.69, 9.17) is 11.6 Å². The van der Waals surface area contributed by atoms with Crippen LogP contribution in [0.5, 0.6) is 0 Å². The van der Waals surface area contributed by atoms with Gasteiger partial charge in [0.25, 0.3) is 0 Å². The molecule has 0 atom stereocenters. The summed E-state index contributed by atoms with van der Waals surface area (Å²) in [5.74, 6) is 0.279. The monoisotopic (exact) mass is 326 g/mol. The minimum Gasteiger partial charge on any atom is -0.327 e. The van der Waals surface area contributed by atoms with Gasteiger partial charge in [-0.1, -0.05) is 0 Å². The fourth-order valence-electron chi connectivity index (χ4n) is 1.92. The van der Waals surface area contributed by atoms with Gasteiger partial charge in [0, 0.05) is 24.6 Å². The van der Waals surface area contributed by atoms with Crippen molar-refractivity contribution < 1.29 is 17.6 Å². The van der Waals surface area contributed by atoms with Crippen molar-refractivity contribution in [2.75, 3.05) is 11.6 Å². The Bertz CT molecular complexity index is 597. The summed E-state index contributed by atoms with van der Waals surface area (Å²) in [4.78, 5) is 4.28. The molecule has 0 N–H and O–H groups in total. The Morgan fingerprint density at radius 1 is 1.30 bits per heavy atom. The zero-order valence-electron chi connectivity index (χ0n) is 10.3. The van der Waals surface area contributed by atoms with E-state index < -0.39 is 11.3 Å². The van der Waals surface area contributed by atoms with Gasteiger partial charge in [0.05, 0.1) is 11.0 Å². The van der Waals surface area contributed by atoms with E-state index in [9.17, 15) is 17.6 Å². The van der Waals surface area contributed by atoms with E-state index in [1.807, 2.05) is 0 Å². The minimum atomic E-state index is -4.27. The lowest BCUT2D eigenvalue weighted by atomic mass is 10.3. The standard InChI is InChI=1S/C12H11ClF4N2S/c13-4-3-11-18-9-2-1-8(14)7-10(9)19(11)5-6-20-12(15,16)17/h1-2,7H,3-6H2. The van der Waals surface area contributed by atoms with Crippen LogP contribution in [-0.2, 0) is 13.0 Å². The number of hydrogen-bond donors (Lipinski definition) is 0. The maximum Gasteiger partial charge on any atom is 0.441 e. The Balaban J connectivity index is 2.28. The lowest BCUT2D eigenvalue weighted by molar-refractivity contribution is -0.0328. The highest BCUT2D eigenvalue weighted by Gasteiger charge is 2.27. The number of rotatable bonds is 5. The third-order valence-corrected chi connectivity index (χ3v) is 3.59. The highest BCUT2D eigenvalue weighted by Crippen LogP contribution is 2.30. The number of thioether (sulfide) groups is 1. The summed E-state index contributed by atoms with van der Waals surface area (Å²) in [6.07, 6.45) is 0.425. The van der Waals surface area contributed by atoms with Crippen LogP contribution in [0.25, 0.3) is 11.0 Å². The van der Waals surface area contributed by atoms with Crippen molar-refractivity contribution in [2.45, 2.75) is 18.5 Å². The number of imidazole rings is 1. The fraction of sp³-hybridized carbons (Fsp3) is 0.417. The molecule has 0 spiro atoms. The van der Waals surface area contributed by atoms with Crippen molar-refractivity contribution in [3.63, 3.8) is 0 Å². The Kier molecular flexibility index (Phi) is 4.80. The molecule has 20 heavy (non-hydrogen) atoms. The number of aryl methyl sites for hydroxylation is 2. The van der Waals surface area contributed by atoms with E-state index in [-0.39, 0.29) is 24.1 Å². The zero-order chi connectivity index (χ0) is 14.8. The van der Waals surface area contributed by atoms with Crippen LogP contribution in [0.2, 0.25) is 0 Å². The summed E-state index contributed by atoms with van der Waals surface area (Å²) in [7, 11) is 0. The summed E-state index contributed by atoms with van der Waals surface area (Å²) in [5.41, 5.74) is -3.22. The summed E-state index contributed by atoms with van der Waals surface area (Å²) >= 11 is 5.56. The number of fused-ring (bicyclic) bond motifs is 1. The lowest BCUT2D eigenvalue weighted by Gasteiger charge is -2.09. The molecule has 2 aromatic rings. The summed E-state index contributed by atoms with van der Waals surface area (Å²) < 4.78 is 51.4. The smallest absolute Gasteiger partial charge is 0.327 e. The van der Waals surface area contributed by atoms with Gasteiger partial charge in [-0.25, -0.2) is 9.37 Å². The van der Waals surface area contributed by atoms with Gasteiger partial charge in [-0.05, 0) is 30.0 Å². The molecule has 0 saturated heterocycles. The number of benzene rings is 1. The van der Waals surface area contributed by atoms with Crippen molar-refractivity contribution in [2.24, 2.45) is 0 Å². The van der Waals surface area contributed by atoms with Crippen molar-refractivity contribution in [3.8, 4) is 0 Å². The van der Waals surface area contributed by atoms with Gasteiger partial charge in [-0.15, -0.1) is 11.6 Å². The lowest BCUT2D eigenvalue weighted by Crippen LogP contribution is -2.10. The van der Waals surface area contributed by atoms with Crippen LogP contribution < -0.4 is 0 Å². The van der Waals surface area contributed by atoms with Gasteiger partial charge in [-0.2, -0.15) is 13.2 Å². The molecule has 0 bridgehead atoms. The van der Waals surface area contributed by atoms with Crippen molar-refractivity contribution in [1.29, 1.82) is 0 Å². The molecule has 8 heteroatoms. The Hall–Kier alpha value is -0.950. The highest BCUT2D eigenvalue weighted by atomic mass is 35.5. The second kappa shape index (κ2) is 6.22. The third-order valence-electron chi connectivity index (χ3n) is 2.69. The molecular formula is C12H11ClF4N2S. The Morgan fingerprint density at radius 3 is 2.70 bits per heavy atom. The van der Waals surface area contributed by atoms with E-state index in [0.717, 1.165) is 0 Å². The van der Waals surface area contributed by atoms with E-state index in [2.05, 4.69) is 4.98 Å². The molecule has 0 saturated carbocycles. The average Bonchev–Trinajstić information content (AvgIpc) is 2.66. The van der Waals surface area contributed by atoms with Gasteiger partial charge >= 0.3 is 5.51 Å². The van der Waals surface area contributed by atoms with Crippen LogP contribution >= 0.6 is 23.4 Å². The molecule has 0 amide bonds. The van der Waals surface area contributed by atoms with Crippen LogP contribution in [0.15, 0.2) is 18.2 Å². The van der Waals surface area contributed by atoms with Crippen molar-refractivity contribution >= 4 is 34.4 Å². The van der Waals surface area contributed by atoms with E-state index >= 15 is 0 Å². The van der Waals surface area contributed by atoms with Crippen LogP contribution in [0.4, 0.5) is 17.6 Å². The Morgan fingerprint density at radius 2 is 2.05 bits per heavy atom. The number of nitrogens with zero attached hydrogens (tertiary/aromatic N) is 2. The molecular weight excluding hydrogens is 316 g/mol. The molecule has 0 radical (unpaired) electrons. The van der Waals surface area contributed by atoms with Crippen molar-refractivity contribution in [3.05, 3.63) is 29.8 Å². The number of aromatic nitrogens is 2. The van der Waals surface area contributed by atoms with Gasteiger partial charge in [0.2, 0.25) is 0 Å². The van der Waals surface area contributed by atoms with Crippen LogP contribution in [0.1, 0.15) is 5.82 Å². The first-order chi connectivity index (χ1) is 9.40. The predicted octanol–water partition coefficient (Wildman–Crippen LogP) is 4.21. The second-order valence-corrected chi connectivity index (χ2v) is 5.58. The van der Waals surface area contributed by atoms with Crippen LogP contribution in [-0.4, -0.2) is 26.7 Å². The normalized spacial score (nSPS) is 12.2. The molecule has 1 aromatic carbocycles. The number of hydrogen-bond acceptors (Lipinski definition) is 2. The average molecular weight is 327 g/mol. The maximum absolute atomic E-state index is 13.3. The number of alkyl halides is 4. The first-order valence-electron chi connectivity index (χ1n) is 5.82. The molecule has 110 valence electrons. The summed E-state index contributed by atoms with van der Waals surface area (Å²) in [5, 5.41) is 0. The quantitative estimate of drug-likeness (QED) is 0.605. The van der Waals surface area contributed by atoms with E-state index in [1.165, 1.54) is 18.2 Å². The molecule has 0 aliphatic heterocycles. The first-order valence-corrected chi connectivity index (χ1v) is 7.34. The van der Waals surface area contributed by atoms with Crippen LogP contribution in [0, 0.1) is 5.82 Å². The molecule has 1 heterocycles. The SMILES string of the molecule is Fc1ccc2nc(CCCl)n(CCSC(F)(F)F)c2c1. The molecule has 0 aliphatic carbocycles. The van der Waals surface area contributed by atoms with Gasteiger partial charge in [-0.3, -0.25) is 0 Å².